The van der Waals surface area contributed by atoms with Gasteiger partial charge in [0.05, 0.1) is 10.5 Å². The highest BCUT2D eigenvalue weighted by Crippen LogP contribution is 2.27. The minimum atomic E-state index is -3.89. The van der Waals surface area contributed by atoms with Crippen LogP contribution < -0.4 is 10.5 Å². The van der Waals surface area contributed by atoms with Gasteiger partial charge in [-0.2, -0.15) is 0 Å². The second kappa shape index (κ2) is 10.1. The lowest BCUT2D eigenvalue weighted by Crippen LogP contribution is -2.21. The van der Waals surface area contributed by atoms with Crippen LogP contribution in [0.3, 0.4) is 0 Å². The normalized spacial score (nSPS) is 11.2. The number of aromatic nitrogens is 1. The number of anilines is 1. The number of thioether (sulfide) groups is 1. The van der Waals surface area contributed by atoms with Crippen molar-refractivity contribution in [2.24, 2.45) is 5.14 Å². The maximum atomic E-state index is 12.5. The number of amides is 1. The van der Waals surface area contributed by atoms with Gasteiger partial charge in [0.25, 0.3) is 5.91 Å². The van der Waals surface area contributed by atoms with Crippen LogP contribution in [0, 0.1) is 6.92 Å². The summed E-state index contributed by atoms with van der Waals surface area (Å²) in [6.45, 7) is 1.40. The fraction of sp³-hybridized carbons (Fsp3) is 0.150. The molecule has 0 atom stereocenters. The van der Waals surface area contributed by atoms with Gasteiger partial charge in [-0.3, -0.25) is 4.79 Å². The molecule has 0 aliphatic heterocycles. The zero-order valence-corrected chi connectivity index (χ0v) is 18.9. The molecule has 3 N–H and O–H groups in total. The quantitative estimate of drug-likeness (QED) is 0.377. The van der Waals surface area contributed by atoms with Gasteiger partial charge in [-0.15, -0.1) is 11.3 Å². The SMILES string of the molecule is Cc1csc(SCc2ccccc2C(=O)OCC(=O)Nc2cccc(S(N)(=O)=O)c2)n1. The van der Waals surface area contributed by atoms with Crippen molar-refractivity contribution in [2.45, 2.75) is 21.9 Å². The average molecular weight is 478 g/mol. The molecule has 0 radical (unpaired) electrons. The van der Waals surface area contributed by atoms with Crippen molar-refractivity contribution in [1.82, 2.24) is 4.98 Å². The molecule has 0 fully saturated rings. The van der Waals surface area contributed by atoms with Crippen LogP contribution in [0.5, 0.6) is 0 Å². The van der Waals surface area contributed by atoms with Crippen molar-refractivity contribution in [1.29, 1.82) is 0 Å². The standard InChI is InChI=1S/C20H19N3O5S3/c1-13-11-29-20(22-13)30-12-14-5-2-3-8-17(14)19(25)28-10-18(24)23-15-6-4-7-16(9-15)31(21,26)27/h2-9,11H,10,12H2,1H3,(H,23,24)(H2,21,26,27). The minimum Gasteiger partial charge on any atom is -0.452 e. The van der Waals surface area contributed by atoms with Crippen LogP contribution >= 0.6 is 23.1 Å². The molecule has 1 heterocycles. The van der Waals surface area contributed by atoms with Gasteiger partial charge in [0.2, 0.25) is 10.0 Å². The van der Waals surface area contributed by atoms with E-state index in [1.807, 2.05) is 24.4 Å². The first-order chi connectivity index (χ1) is 14.7. The van der Waals surface area contributed by atoms with Crippen LogP contribution in [0.25, 0.3) is 0 Å². The molecule has 0 unspecified atom stereocenters. The van der Waals surface area contributed by atoms with Crippen molar-refractivity contribution < 1.29 is 22.7 Å². The number of hydrogen-bond acceptors (Lipinski definition) is 8. The highest BCUT2D eigenvalue weighted by molar-refractivity contribution is 8.00. The van der Waals surface area contributed by atoms with Crippen LogP contribution in [0.15, 0.2) is 63.1 Å². The maximum absolute atomic E-state index is 12.5. The molecule has 0 aliphatic carbocycles. The third kappa shape index (κ3) is 6.62. The summed E-state index contributed by atoms with van der Waals surface area (Å²) in [5, 5.41) is 9.52. The number of carbonyl (C=O) groups is 2. The molecule has 2 aromatic carbocycles. The highest BCUT2D eigenvalue weighted by Gasteiger charge is 2.16. The van der Waals surface area contributed by atoms with Gasteiger partial charge in [0, 0.05) is 22.5 Å². The molecular weight excluding hydrogens is 458 g/mol. The molecule has 0 saturated carbocycles. The second-order valence-electron chi connectivity index (χ2n) is 6.40. The molecule has 11 heteroatoms. The zero-order valence-electron chi connectivity index (χ0n) is 16.4. The Morgan fingerprint density at radius 2 is 1.97 bits per heavy atom. The summed E-state index contributed by atoms with van der Waals surface area (Å²) < 4.78 is 28.9. The fourth-order valence-electron chi connectivity index (χ4n) is 2.54. The van der Waals surface area contributed by atoms with Crippen molar-refractivity contribution in [2.75, 3.05) is 11.9 Å². The van der Waals surface area contributed by atoms with E-state index in [0.717, 1.165) is 15.6 Å². The van der Waals surface area contributed by atoms with Gasteiger partial charge in [0.1, 0.15) is 4.34 Å². The number of ether oxygens (including phenoxy) is 1. The largest absolute Gasteiger partial charge is 0.452 e. The summed E-state index contributed by atoms with van der Waals surface area (Å²) in [6, 6.07) is 12.5. The molecular formula is C20H19N3O5S3. The van der Waals surface area contributed by atoms with E-state index in [2.05, 4.69) is 10.3 Å². The first-order valence-corrected chi connectivity index (χ1v) is 12.4. The monoisotopic (exact) mass is 477 g/mol. The average Bonchev–Trinajstić information content (AvgIpc) is 3.15. The van der Waals surface area contributed by atoms with Gasteiger partial charge in [-0.05, 0) is 36.8 Å². The number of hydrogen-bond donors (Lipinski definition) is 2. The lowest BCUT2D eigenvalue weighted by molar-refractivity contribution is -0.119. The Hall–Kier alpha value is -2.73. The van der Waals surface area contributed by atoms with Crippen LogP contribution in [-0.2, 0) is 25.3 Å². The minimum absolute atomic E-state index is 0.135. The van der Waals surface area contributed by atoms with Crippen molar-refractivity contribution in [3.63, 3.8) is 0 Å². The second-order valence-corrected chi connectivity index (χ2v) is 10.0. The lowest BCUT2D eigenvalue weighted by Gasteiger charge is -2.10. The number of esters is 1. The maximum Gasteiger partial charge on any atom is 0.338 e. The number of nitrogens with zero attached hydrogens (tertiary/aromatic N) is 1. The first-order valence-electron chi connectivity index (χ1n) is 8.95. The Morgan fingerprint density at radius 1 is 1.19 bits per heavy atom. The molecule has 0 aliphatic rings. The van der Waals surface area contributed by atoms with Crippen LogP contribution in [0.2, 0.25) is 0 Å². The van der Waals surface area contributed by atoms with E-state index in [1.165, 1.54) is 47.4 Å². The lowest BCUT2D eigenvalue weighted by atomic mass is 10.1. The number of sulfonamides is 1. The molecule has 162 valence electrons. The van der Waals surface area contributed by atoms with Crippen molar-refractivity contribution in [3.8, 4) is 0 Å². The zero-order chi connectivity index (χ0) is 22.4. The Bertz CT molecular complexity index is 1210. The number of benzene rings is 2. The summed E-state index contributed by atoms with van der Waals surface area (Å²) in [5.74, 6) is -0.699. The van der Waals surface area contributed by atoms with Gasteiger partial charge < -0.3 is 10.1 Å². The molecule has 3 rings (SSSR count). The van der Waals surface area contributed by atoms with E-state index in [-0.39, 0.29) is 10.6 Å². The number of primary sulfonamides is 1. The summed E-state index contributed by atoms with van der Waals surface area (Å²) >= 11 is 3.05. The number of nitrogens with one attached hydrogen (secondary N) is 1. The Morgan fingerprint density at radius 3 is 2.68 bits per heavy atom. The molecule has 3 aromatic rings. The molecule has 0 bridgehead atoms. The number of carbonyl (C=O) groups excluding carboxylic acids is 2. The topological polar surface area (TPSA) is 128 Å². The van der Waals surface area contributed by atoms with Gasteiger partial charge >= 0.3 is 5.97 Å². The van der Waals surface area contributed by atoms with E-state index < -0.39 is 28.5 Å². The third-order valence-corrected chi connectivity index (χ3v) is 7.07. The van der Waals surface area contributed by atoms with E-state index in [9.17, 15) is 18.0 Å². The summed E-state index contributed by atoms with van der Waals surface area (Å²) in [7, 11) is -3.89. The third-order valence-electron chi connectivity index (χ3n) is 3.97. The molecule has 8 nitrogen and oxygen atoms in total. The predicted molar refractivity (Wildman–Crippen MR) is 120 cm³/mol. The molecule has 0 saturated heterocycles. The summed E-state index contributed by atoms with van der Waals surface area (Å²) in [5.41, 5.74) is 2.31. The van der Waals surface area contributed by atoms with Crippen molar-refractivity contribution >= 4 is 50.7 Å². The molecule has 1 aromatic heterocycles. The van der Waals surface area contributed by atoms with Gasteiger partial charge in [-0.25, -0.2) is 23.3 Å². The van der Waals surface area contributed by atoms with E-state index >= 15 is 0 Å². The number of aryl methyl sites for hydroxylation is 1. The molecule has 1 amide bonds. The summed E-state index contributed by atoms with van der Waals surface area (Å²) in [6.07, 6.45) is 0. The Kier molecular flexibility index (Phi) is 7.44. The number of nitrogens with two attached hydrogens (primary N) is 1. The predicted octanol–water partition coefficient (Wildman–Crippen LogP) is 3.19. The van der Waals surface area contributed by atoms with Crippen LogP contribution in [0.1, 0.15) is 21.6 Å². The number of rotatable bonds is 8. The Labute approximate surface area is 187 Å². The summed E-state index contributed by atoms with van der Waals surface area (Å²) in [4.78, 5) is 28.9. The van der Waals surface area contributed by atoms with Crippen molar-refractivity contribution in [3.05, 3.63) is 70.7 Å². The van der Waals surface area contributed by atoms with E-state index in [1.54, 1.807) is 12.1 Å². The molecule has 31 heavy (non-hydrogen) atoms. The van der Waals surface area contributed by atoms with Crippen LogP contribution in [0.4, 0.5) is 5.69 Å². The van der Waals surface area contributed by atoms with Crippen LogP contribution in [-0.4, -0.2) is 31.9 Å². The Balaban J connectivity index is 1.59. The molecule has 0 spiro atoms. The van der Waals surface area contributed by atoms with Gasteiger partial charge in [0.15, 0.2) is 6.61 Å². The van der Waals surface area contributed by atoms with E-state index in [0.29, 0.717) is 11.3 Å². The van der Waals surface area contributed by atoms with E-state index in [4.69, 9.17) is 9.88 Å². The smallest absolute Gasteiger partial charge is 0.338 e. The number of thiazole rings is 1. The fourth-order valence-corrected chi connectivity index (χ4v) is 4.95. The highest BCUT2D eigenvalue weighted by atomic mass is 32.2. The van der Waals surface area contributed by atoms with Gasteiger partial charge in [-0.1, -0.05) is 36.0 Å². The first kappa shape index (κ1) is 22.9.